The SMILES string of the molecule is C=CCN(Cc1cnc(S(=O)(=O)Cc2ccc(C)cc2)n1C(C)C)C(=O)NC(C)(C)C. The summed E-state index contributed by atoms with van der Waals surface area (Å²) in [6, 6.07) is 7.04. The van der Waals surface area contributed by atoms with E-state index >= 15 is 0 Å². The Morgan fingerprint density at radius 2 is 1.87 bits per heavy atom. The summed E-state index contributed by atoms with van der Waals surface area (Å²) in [5, 5.41) is 2.96. The van der Waals surface area contributed by atoms with Gasteiger partial charge in [0.15, 0.2) is 0 Å². The molecule has 0 aliphatic heterocycles. The summed E-state index contributed by atoms with van der Waals surface area (Å²) in [4.78, 5) is 18.6. The van der Waals surface area contributed by atoms with Crippen LogP contribution in [0.25, 0.3) is 0 Å². The molecule has 0 fully saturated rings. The molecule has 0 aliphatic carbocycles. The van der Waals surface area contributed by atoms with Crippen molar-refractivity contribution in [2.75, 3.05) is 6.54 Å². The minimum Gasteiger partial charge on any atom is -0.333 e. The van der Waals surface area contributed by atoms with Gasteiger partial charge in [-0.05, 0) is 47.1 Å². The van der Waals surface area contributed by atoms with Gasteiger partial charge in [-0.25, -0.2) is 18.2 Å². The lowest BCUT2D eigenvalue weighted by Gasteiger charge is -2.28. The highest BCUT2D eigenvalue weighted by atomic mass is 32.2. The minimum atomic E-state index is -3.67. The number of aromatic nitrogens is 2. The van der Waals surface area contributed by atoms with Crippen molar-refractivity contribution in [3.05, 3.63) is 59.9 Å². The van der Waals surface area contributed by atoms with Crippen LogP contribution in [-0.2, 0) is 22.1 Å². The minimum absolute atomic E-state index is 0.0212. The summed E-state index contributed by atoms with van der Waals surface area (Å²) >= 11 is 0. The zero-order valence-electron chi connectivity index (χ0n) is 19.3. The number of nitrogens with one attached hydrogen (secondary N) is 1. The lowest BCUT2D eigenvalue weighted by molar-refractivity contribution is 0.190. The van der Waals surface area contributed by atoms with Gasteiger partial charge in [0.25, 0.3) is 0 Å². The van der Waals surface area contributed by atoms with E-state index in [-0.39, 0.29) is 29.5 Å². The van der Waals surface area contributed by atoms with E-state index in [0.717, 1.165) is 5.56 Å². The quantitative estimate of drug-likeness (QED) is 0.615. The first-order valence-corrected chi connectivity index (χ1v) is 12.0. The Morgan fingerprint density at radius 1 is 1.26 bits per heavy atom. The largest absolute Gasteiger partial charge is 0.333 e. The summed E-state index contributed by atoms with van der Waals surface area (Å²) in [5.41, 5.74) is 2.05. The van der Waals surface area contributed by atoms with Gasteiger partial charge >= 0.3 is 6.03 Å². The van der Waals surface area contributed by atoms with Gasteiger partial charge in [-0.2, -0.15) is 0 Å². The van der Waals surface area contributed by atoms with Gasteiger partial charge in [-0.3, -0.25) is 0 Å². The molecule has 0 spiro atoms. The van der Waals surface area contributed by atoms with Crippen LogP contribution < -0.4 is 5.32 Å². The van der Waals surface area contributed by atoms with Crippen molar-refractivity contribution in [2.24, 2.45) is 0 Å². The first kappa shape index (κ1) is 24.7. The molecule has 1 aromatic heterocycles. The number of imidazole rings is 1. The Morgan fingerprint density at radius 3 is 2.39 bits per heavy atom. The van der Waals surface area contributed by atoms with Crippen molar-refractivity contribution in [1.82, 2.24) is 19.8 Å². The molecule has 7 nitrogen and oxygen atoms in total. The average molecular weight is 447 g/mol. The molecule has 8 heteroatoms. The standard InChI is InChI=1S/C23H34N4O3S/c1-8-13-26(21(28)25-23(5,6)7)15-20-14-24-22(27(20)17(2)3)31(29,30)16-19-11-9-18(4)10-12-19/h8-12,14,17H,1,13,15-16H2,2-7H3,(H,25,28). The highest BCUT2D eigenvalue weighted by Gasteiger charge is 2.27. The summed E-state index contributed by atoms with van der Waals surface area (Å²) in [7, 11) is -3.67. The van der Waals surface area contributed by atoms with Crippen molar-refractivity contribution in [2.45, 2.75) is 70.6 Å². The topological polar surface area (TPSA) is 84.3 Å². The molecule has 0 radical (unpaired) electrons. The van der Waals surface area contributed by atoms with Crippen LogP contribution in [0.4, 0.5) is 4.79 Å². The van der Waals surface area contributed by atoms with E-state index in [1.807, 2.05) is 65.8 Å². The van der Waals surface area contributed by atoms with E-state index in [4.69, 9.17) is 0 Å². The predicted octanol–water partition coefficient (Wildman–Crippen LogP) is 4.24. The van der Waals surface area contributed by atoms with Crippen LogP contribution in [0.3, 0.4) is 0 Å². The number of aryl methyl sites for hydroxylation is 1. The van der Waals surface area contributed by atoms with Crippen LogP contribution in [0.5, 0.6) is 0 Å². The predicted molar refractivity (Wildman–Crippen MR) is 124 cm³/mol. The Balaban J connectivity index is 2.36. The van der Waals surface area contributed by atoms with Crippen LogP contribution in [0.15, 0.2) is 48.3 Å². The number of carbonyl (C=O) groups is 1. The van der Waals surface area contributed by atoms with Crippen molar-refractivity contribution in [3.8, 4) is 0 Å². The van der Waals surface area contributed by atoms with Crippen LogP contribution in [0.2, 0.25) is 0 Å². The van der Waals surface area contributed by atoms with Crippen LogP contribution in [0.1, 0.15) is 57.5 Å². The maximum atomic E-state index is 13.2. The van der Waals surface area contributed by atoms with Gasteiger partial charge in [-0.1, -0.05) is 35.9 Å². The van der Waals surface area contributed by atoms with Crippen molar-refractivity contribution in [3.63, 3.8) is 0 Å². The summed E-state index contributed by atoms with van der Waals surface area (Å²) in [6.45, 7) is 15.8. The zero-order chi connectivity index (χ0) is 23.4. The second-order valence-electron chi connectivity index (χ2n) is 9.09. The van der Waals surface area contributed by atoms with E-state index < -0.39 is 15.4 Å². The summed E-state index contributed by atoms with van der Waals surface area (Å²) in [6.07, 6.45) is 3.19. The van der Waals surface area contributed by atoms with Crippen LogP contribution >= 0.6 is 0 Å². The molecule has 0 saturated carbocycles. The number of rotatable bonds is 8. The number of amides is 2. The zero-order valence-corrected chi connectivity index (χ0v) is 20.2. The monoisotopic (exact) mass is 446 g/mol. The fourth-order valence-corrected chi connectivity index (χ4v) is 4.82. The Labute approximate surface area is 186 Å². The maximum Gasteiger partial charge on any atom is 0.318 e. The van der Waals surface area contributed by atoms with Gasteiger partial charge in [0.2, 0.25) is 15.0 Å². The third kappa shape index (κ3) is 6.69. The molecule has 0 saturated heterocycles. The molecule has 0 bridgehead atoms. The number of hydrogen-bond donors (Lipinski definition) is 1. The lowest BCUT2D eigenvalue weighted by Crippen LogP contribution is -2.48. The molecule has 0 atom stereocenters. The van der Waals surface area contributed by atoms with Gasteiger partial charge in [0.05, 0.1) is 24.2 Å². The highest BCUT2D eigenvalue weighted by Crippen LogP contribution is 2.23. The number of urea groups is 1. The summed E-state index contributed by atoms with van der Waals surface area (Å²) in [5.74, 6) is -0.128. The molecule has 1 heterocycles. The van der Waals surface area contributed by atoms with Crippen molar-refractivity contribution < 1.29 is 13.2 Å². The normalized spacial score (nSPS) is 12.1. The maximum absolute atomic E-state index is 13.2. The molecule has 2 aromatic rings. The fraction of sp³-hybridized carbons (Fsp3) is 0.478. The molecule has 1 N–H and O–H groups in total. The molecule has 0 aliphatic rings. The molecule has 2 rings (SSSR count). The van der Waals surface area contributed by atoms with Gasteiger partial charge in [0.1, 0.15) is 0 Å². The Hall–Kier alpha value is -2.61. The molecule has 0 unspecified atom stereocenters. The van der Waals surface area contributed by atoms with E-state index in [9.17, 15) is 13.2 Å². The van der Waals surface area contributed by atoms with Crippen molar-refractivity contribution in [1.29, 1.82) is 0 Å². The molecule has 31 heavy (non-hydrogen) atoms. The molecule has 2 amide bonds. The highest BCUT2D eigenvalue weighted by molar-refractivity contribution is 7.90. The molecule has 170 valence electrons. The molecule has 1 aromatic carbocycles. The number of sulfone groups is 1. The first-order chi connectivity index (χ1) is 14.3. The van der Waals surface area contributed by atoms with Gasteiger partial charge in [-0.15, -0.1) is 6.58 Å². The second kappa shape index (κ2) is 9.68. The first-order valence-electron chi connectivity index (χ1n) is 10.4. The number of hydrogen-bond acceptors (Lipinski definition) is 4. The molecular formula is C23H34N4O3S. The number of benzene rings is 1. The molecular weight excluding hydrogens is 412 g/mol. The van der Waals surface area contributed by atoms with Crippen molar-refractivity contribution >= 4 is 15.9 Å². The number of nitrogens with zero attached hydrogens (tertiary/aromatic N) is 3. The van der Waals surface area contributed by atoms with Gasteiger partial charge in [0, 0.05) is 18.1 Å². The van der Waals surface area contributed by atoms with Crippen LogP contribution in [0, 0.1) is 6.92 Å². The average Bonchev–Trinajstić information content (AvgIpc) is 3.06. The smallest absolute Gasteiger partial charge is 0.318 e. The second-order valence-corrected chi connectivity index (χ2v) is 11.0. The lowest BCUT2D eigenvalue weighted by atomic mass is 10.1. The third-order valence-corrected chi connectivity index (χ3v) is 6.15. The number of carbonyl (C=O) groups excluding carboxylic acids is 1. The fourth-order valence-electron chi connectivity index (χ4n) is 3.22. The van der Waals surface area contributed by atoms with E-state index in [0.29, 0.717) is 17.8 Å². The van der Waals surface area contributed by atoms with E-state index in [2.05, 4.69) is 16.9 Å². The third-order valence-electron chi connectivity index (χ3n) is 4.58. The van der Waals surface area contributed by atoms with E-state index in [1.165, 1.54) is 0 Å². The summed E-state index contributed by atoms with van der Waals surface area (Å²) < 4.78 is 28.0. The Bertz CT molecular complexity index is 1020. The van der Waals surface area contributed by atoms with Gasteiger partial charge < -0.3 is 14.8 Å². The van der Waals surface area contributed by atoms with E-state index in [1.54, 1.807) is 21.7 Å². The Kier molecular flexibility index (Phi) is 7.70. The van der Waals surface area contributed by atoms with Crippen LogP contribution in [-0.4, -0.2) is 41.0 Å².